The first kappa shape index (κ1) is 11.2. The lowest BCUT2D eigenvalue weighted by molar-refractivity contribution is -0.107. The zero-order valence-electron chi connectivity index (χ0n) is 8.14. The van der Waals surface area contributed by atoms with Crippen LogP contribution < -0.4 is 0 Å². The van der Waals surface area contributed by atoms with Gasteiger partial charge in [-0.05, 0) is 25.0 Å². The number of phenols is 2. The minimum absolute atomic E-state index is 0.0519. The van der Waals surface area contributed by atoms with Gasteiger partial charge in [-0.2, -0.15) is 0 Å². The van der Waals surface area contributed by atoms with Gasteiger partial charge >= 0.3 is 0 Å². The first-order chi connectivity index (χ1) is 7.20. The normalized spacial score (nSPS) is 9.87. The first-order valence-electron chi connectivity index (χ1n) is 4.63. The van der Waals surface area contributed by atoms with Crippen LogP contribution in [0.2, 0.25) is 0 Å². The standard InChI is InChI=1S/C11H12O4/c12-6-2-1-3-9-10(14)5-4-8(7-13)11(9)15/h4-7,14-15H,1-3H2. The molecule has 4 nitrogen and oxygen atoms in total. The fourth-order valence-electron chi connectivity index (χ4n) is 1.35. The Kier molecular flexibility index (Phi) is 3.85. The Bertz CT molecular complexity index is 371. The molecule has 0 saturated carbocycles. The quantitative estimate of drug-likeness (QED) is 0.567. The van der Waals surface area contributed by atoms with Crippen LogP contribution in [0.5, 0.6) is 11.5 Å². The maximum absolute atomic E-state index is 10.5. The molecule has 0 aliphatic heterocycles. The smallest absolute Gasteiger partial charge is 0.153 e. The molecule has 0 radical (unpaired) electrons. The van der Waals surface area contributed by atoms with Crippen LogP contribution in [0.4, 0.5) is 0 Å². The molecule has 0 atom stereocenters. The lowest BCUT2D eigenvalue weighted by atomic mass is 10.0. The molecule has 1 rings (SSSR count). The zero-order valence-corrected chi connectivity index (χ0v) is 8.14. The summed E-state index contributed by atoms with van der Waals surface area (Å²) in [6, 6.07) is 2.71. The van der Waals surface area contributed by atoms with Crippen molar-refractivity contribution in [2.45, 2.75) is 19.3 Å². The highest BCUT2D eigenvalue weighted by atomic mass is 16.3. The highest BCUT2D eigenvalue weighted by Crippen LogP contribution is 2.30. The van der Waals surface area contributed by atoms with E-state index in [-0.39, 0.29) is 17.1 Å². The van der Waals surface area contributed by atoms with Gasteiger partial charge in [0.25, 0.3) is 0 Å². The van der Waals surface area contributed by atoms with Crippen molar-refractivity contribution >= 4 is 12.6 Å². The lowest BCUT2D eigenvalue weighted by Gasteiger charge is -2.07. The van der Waals surface area contributed by atoms with E-state index in [2.05, 4.69) is 0 Å². The molecule has 4 heteroatoms. The molecule has 0 fully saturated rings. The van der Waals surface area contributed by atoms with Crippen LogP contribution in [-0.4, -0.2) is 22.8 Å². The lowest BCUT2D eigenvalue weighted by Crippen LogP contribution is -1.92. The van der Waals surface area contributed by atoms with Crippen molar-refractivity contribution in [3.05, 3.63) is 23.3 Å². The molecule has 80 valence electrons. The molecular weight excluding hydrogens is 196 g/mol. The Morgan fingerprint density at radius 1 is 1.20 bits per heavy atom. The number of aldehydes is 2. The van der Waals surface area contributed by atoms with Crippen molar-refractivity contribution in [3.63, 3.8) is 0 Å². The molecule has 0 unspecified atom stereocenters. The van der Waals surface area contributed by atoms with Crippen LogP contribution in [0, 0.1) is 0 Å². The van der Waals surface area contributed by atoms with Crippen molar-refractivity contribution in [1.29, 1.82) is 0 Å². The second-order valence-electron chi connectivity index (χ2n) is 3.18. The van der Waals surface area contributed by atoms with Gasteiger partial charge in [0.1, 0.15) is 17.8 Å². The second kappa shape index (κ2) is 5.14. The van der Waals surface area contributed by atoms with Gasteiger partial charge in [0.2, 0.25) is 0 Å². The Morgan fingerprint density at radius 2 is 1.93 bits per heavy atom. The van der Waals surface area contributed by atoms with E-state index in [0.29, 0.717) is 31.1 Å². The summed E-state index contributed by atoms with van der Waals surface area (Å²) < 4.78 is 0. The van der Waals surface area contributed by atoms with Gasteiger partial charge in [-0.3, -0.25) is 4.79 Å². The van der Waals surface area contributed by atoms with Gasteiger partial charge in [0.15, 0.2) is 6.29 Å². The Labute approximate surface area is 87.2 Å². The molecule has 2 N–H and O–H groups in total. The highest BCUT2D eigenvalue weighted by Gasteiger charge is 2.11. The number of phenolic OH excluding ortho intramolecular Hbond substituents is 2. The summed E-state index contributed by atoms with van der Waals surface area (Å²) >= 11 is 0. The average Bonchev–Trinajstić information content (AvgIpc) is 2.23. The average molecular weight is 208 g/mol. The van der Waals surface area contributed by atoms with Crippen LogP contribution >= 0.6 is 0 Å². The fraction of sp³-hybridized carbons (Fsp3) is 0.273. The van der Waals surface area contributed by atoms with E-state index in [4.69, 9.17) is 0 Å². The summed E-state index contributed by atoms with van der Waals surface area (Å²) in [5.74, 6) is -0.250. The van der Waals surface area contributed by atoms with Gasteiger partial charge in [-0.25, -0.2) is 0 Å². The van der Waals surface area contributed by atoms with Crippen molar-refractivity contribution in [1.82, 2.24) is 0 Å². The summed E-state index contributed by atoms with van der Waals surface area (Å²) in [5.41, 5.74) is 0.468. The number of aromatic hydroxyl groups is 2. The maximum atomic E-state index is 10.5. The van der Waals surface area contributed by atoms with Gasteiger partial charge in [0.05, 0.1) is 5.56 Å². The molecule has 1 aromatic rings. The minimum atomic E-state index is -0.198. The third kappa shape index (κ3) is 2.56. The van der Waals surface area contributed by atoms with Gasteiger partial charge in [-0.1, -0.05) is 0 Å². The van der Waals surface area contributed by atoms with E-state index in [9.17, 15) is 19.8 Å². The van der Waals surface area contributed by atoms with Crippen LogP contribution in [-0.2, 0) is 11.2 Å². The SMILES string of the molecule is O=CCCCc1c(O)ccc(C=O)c1O. The molecule has 0 aromatic heterocycles. The van der Waals surface area contributed by atoms with Crippen molar-refractivity contribution < 1.29 is 19.8 Å². The maximum Gasteiger partial charge on any atom is 0.153 e. The van der Waals surface area contributed by atoms with E-state index in [1.807, 2.05) is 0 Å². The van der Waals surface area contributed by atoms with E-state index in [1.54, 1.807) is 0 Å². The topological polar surface area (TPSA) is 74.6 Å². The predicted molar refractivity (Wildman–Crippen MR) is 54.2 cm³/mol. The largest absolute Gasteiger partial charge is 0.508 e. The molecule has 1 aromatic carbocycles. The van der Waals surface area contributed by atoms with Crippen molar-refractivity contribution in [2.24, 2.45) is 0 Å². The van der Waals surface area contributed by atoms with Crippen molar-refractivity contribution in [3.8, 4) is 11.5 Å². The van der Waals surface area contributed by atoms with Gasteiger partial charge in [0, 0.05) is 12.0 Å². The molecule has 0 aliphatic carbocycles. The number of carbonyl (C=O) groups excluding carboxylic acids is 2. The first-order valence-corrected chi connectivity index (χ1v) is 4.63. The molecule has 0 bridgehead atoms. The van der Waals surface area contributed by atoms with E-state index in [1.165, 1.54) is 12.1 Å². The predicted octanol–water partition coefficient (Wildman–Crippen LogP) is 1.43. The molecule has 0 saturated heterocycles. The summed E-state index contributed by atoms with van der Waals surface area (Å²) in [5, 5.41) is 19.0. The summed E-state index contributed by atoms with van der Waals surface area (Å²) in [6.45, 7) is 0. The van der Waals surface area contributed by atoms with E-state index < -0.39 is 0 Å². The number of benzene rings is 1. The van der Waals surface area contributed by atoms with E-state index >= 15 is 0 Å². The summed E-state index contributed by atoms with van der Waals surface area (Å²) in [7, 11) is 0. The molecule has 15 heavy (non-hydrogen) atoms. The van der Waals surface area contributed by atoms with Crippen LogP contribution in [0.25, 0.3) is 0 Å². The molecule has 0 amide bonds. The molecule has 0 heterocycles. The minimum Gasteiger partial charge on any atom is -0.508 e. The third-order valence-corrected chi connectivity index (χ3v) is 2.16. The summed E-state index contributed by atoms with van der Waals surface area (Å²) in [6.07, 6.45) is 2.57. The van der Waals surface area contributed by atoms with Crippen LogP contribution in [0.15, 0.2) is 12.1 Å². The Balaban J connectivity index is 2.93. The Morgan fingerprint density at radius 3 is 2.53 bits per heavy atom. The number of hydrogen-bond acceptors (Lipinski definition) is 4. The van der Waals surface area contributed by atoms with Gasteiger partial charge < -0.3 is 15.0 Å². The highest BCUT2D eigenvalue weighted by molar-refractivity contribution is 5.80. The summed E-state index contributed by atoms with van der Waals surface area (Å²) in [4.78, 5) is 20.6. The van der Waals surface area contributed by atoms with Crippen molar-refractivity contribution in [2.75, 3.05) is 0 Å². The van der Waals surface area contributed by atoms with Gasteiger partial charge in [-0.15, -0.1) is 0 Å². The monoisotopic (exact) mass is 208 g/mol. The van der Waals surface area contributed by atoms with E-state index in [0.717, 1.165) is 6.29 Å². The second-order valence-corrected chi connectivity index (χ2v) is 3.18. The third-order valence-electron chi connectivity index (χ3n) is 2.16. The van der Waals surface area contributed by atoms with Crippen LogP contribution in [0.1, 0.15) is 28.8 Å². The van der Waals surface area contributed by atoms with Crippen LogP contribution in [0.3, 0.4) is 0 Å². The molecular formula is C11H12O4. The molecule has 0 spiro atoms. The number of unbranched alkanes of at least 4 members (excludes halogenated alkanes) is 1. The number of rotatable bonds is 5. The fourth-order valence-corrected chi connectivity index (χ4v) is 1.35. The number of hydrogen-bond donors (Lipinski definition) is 2. The number of carbonyl (C=O) groups is 2. The zero-order chi connectivity index (χ0) is 11.3. The Hall–Kier alpha value is -1.84. The molecule has 0 aliphatic rings.